The molecule has 0 aliphatic heterocycles. The monoisotopic (exact) mass is 520 g/mol. The quantitative estimate of drug-likeness (QED) is 0.227. The van der Waals surface area contributed by atoms with Gasteiger partial charge in [-0.05, 0) is 79.6 Å². The first-order chi connectivity index (χ1) is 19.0. The van der Waals surface area contributed by atoms with E-state index in [0.29, 0.717) is 36.3 Å². The van der Waals surface area contributed by atoms with E-state index in [2.05, 4.69) is 16.0 Å². The number of nitrogens with one attached hydrogen (secondary N) is 3. The van der Waals surface area contributed by atoms with Gasteiger partial charge in [0.05, 0.1) is 6.54 Å². The van der Waals surface area contributed by atoms with Crippen molar-refractivity contribution < 1.29 is 14.4 Å². The Balaban J connectivity index is 1.22. The van der Waals surface area contributed by atoms with E-state index in [1.54, 1.807) is 53.4 Å². The largest absolute Gasteiger partial charge is 0.376 e. The van der Waals surface area contributed by atoms with Crippen LogP contribution in [0.25, 0.3) is 0 Å². The van der Waals surface area contributed by atoms with Crippen molar-refractivity contribution >= 4 is 40.5 Å². The minimum Gasteiger partial charge on any atom is -0.376 e. The molecule has 7 nitrogen and oxygen atoms in total. The van der Waals surface area contributed by atoms with E-state index in [0.717, 1.165) is 16.9 Å². The zero-order valence-electron chi connectivity index (χ0n) is 21.9. The zero-order chi connectivity index (χ0) is 27.5. The second kappa shape index (κ2) is 13.6. The van der Waals surface area contributed by atoms with Crippen molar-refractivity contribution in [2.24, 2.45) is 0 Å². The van der Waals surface area contributed by atoms with Crippen LogP contribution >= 0.6 is 0 Å². The number of rotatable bonds is 11. The molecule has 3 N–H and O–H groups in total. The maximum atomic E-state index is 12.9. The summed E-state index contributed by atoms with van der Waals surface area (Å²) in [5, 5.41) is 8.79. The molecule has 4 aromatic rings. The van der Waals surface area contributed by atoms with E-state index in [4.69, 9.17) is 0 Å². The van der Waals surface area contributed by atoms with E-state index >= 15 is 0 Å². The number of hydrogen-bond acceptors (Lipinski definition) is 4. The molecule has 0 fully saturated rings. The number of amides is 3. The Hall–Kier alpha value is -4.91. The molecule has 0 aliphatic carbocycles. The van der Waals surface area contributed by atoms with Gasteiger partial charge in [0.1, 0.15) is 0 Å². The van der Waals surface area contributed by atoms with Crippen LogP contribution in [0, 0.1) is 0 Å². The highest BCUT2D eigenvalue weighted by atomic mass is 16.2. The van der Waals surface area contributed by atoms with Gasteiger partial charge < -0.3 is 20.9 Å². The molecule has 198 valence electrons. The smallest absolute Gasteiger partial charge is 0.258 e. The van der Waals surface area contributed by atoms with E-state index in [1.807, 2.05) is 67.6 Å². The van der Waals surface area contributed by atoms with Crippen molar-refractivity contribution in [1.29, 1.82) is 0 Å². The minimum absolute atomic E-state index is 0.0602. The Morgan fingerprint density at radius 3 is 1.77 bits per heavy atom. The van der Waals surface area contributed by atoms with Gasteiger partial charge in [-0.1, -0.05) is 48.5 Å². The molecule has 4 aromatic carbocycles. The Morgan fingerprint density at radius 2 is 1.18 bits per heavy atom. The van der Waals surface area contributed by atoms with E-state index in [9.17, 15) is 14.4 Å². The third-order valence-electron chi connectivity index (χ3n) is 6.15. The lowest BCUT2D eigenvalue weighted by atomic mass is 10.1. The summed E-state index contributed by atoms with van der Waals surface area (Å²) in [6.45, 7) is 2.57. The minimum atomic E-state index is -0.212. The summed E-state index contributed by atoms with van der Waals surface area (Å²) < 4.78 is 0. The highest BCUT2D eigenvalue weighted by Crippen LogP contribution is 2.18. The predicted molar refractivity (Wildman–Crippen MR) is 157 cm³/mol. The van der Waals surface area contributed by atoms with Gasteiger partial charge in [0.2, 0.25) is 11.8 Å². The first kappa shape index (κ1) is 27.1. The third kappa shape index (κ3) is 8.04. The summed E-state index contributed by atoms with van der Waals surface area (Å²) in [5.41, 5.74) is 4.58. The van der Waals surface area contributed by atoms with Gasteiger partial charge >= 0.3 is 0 Å². The number of para-hydroxylation sites is 1. The lowest BCUT2D eigenvalue weighted by Gasteiger charge is -2.21. The van der Waals surface area contributed by atoms with E-state index in [-0.39, 0.29) is 24.3 Å². The third-order valence-corrected chi connectivity index (χ3v) is 6.15. The molecule has 0 aliphatic rings. The molecule has 39 heavy (non-hydrogen) atoms. The number of aryl methyl sites for hydroxylation is 1. The van der Waals surface area contributed by atoms with Crippen LogP contribution in [0.3, 0.4) is 0 Å². The SMILES string of the molecule is CCN(C(=O)c1ccc(NCC(=O)Nc2ccc(NC(=O)CCc3ccccc3)cc2)cc1)c1ccccc1. The van der Waals surface area contributed by atoms with Gasteiger partial charge in [0, 0.05) is 41.3 Å². The van der Waals surface area contributed by atoms with Crippen molar-refractivity contribution in [3.05, 3.63) is 120 Å². The summed E-state index contributed by atoms with van der Waals surface area (Å²) in [6, 6.07) is 33.5. The van der Waals surface area contributed by atoms with Crippen LogP contribution in [-0.4, -0.2) is 30.8 Å². The van der Waals surface area contributed by atoms with Crippen LogP contribution in [0.2, 0.25) is 0 Å². The van der Waals surface area contributed by atoms with Crippen molar-refractivity contribution in [3.63, 3.8) is 0 Å². The predicted octanol–water partition coefficient (Wildman–Crippen LogP) is 5.98. The summed E-state index contributed by atoms with van der Waals surface area (Å²) in [6.07, 6.45) is 1.07. The molecular formula is C32H32N4O3. The first-order valence-corrected chi connectivity index (χ1v) is 13.0. The molecule has 0 atom stereocenters. The van der Waals surface area contributed by atoms with E-state index < -0.39 is 0 Å². The molecule has 3 amide bonds. The maximum Gasteiger partial charge on any atom is 0.258 e. The molecule has 0 spiro atoms. The average molecular weight is 521 g/mol. The highest BCUT2D eigenvalue weighted by Gasteiger charge is 2.15. The van der Waals surface area contributed by atoms with Gasteiger partial charge in [0.25, 0.3) is 5.91 Å². The van der Waals surface area contributed by atoms with Gasteiger partial charge in [-0.25, -0.2) is 0 Å². The maximum absolute atomic E-state index is 12.9. The molecule has 0 radical (unpaired) electrons. The number of benzene rings is 4. The summed E-state index contributed by atoms with van der Waals surface area (Å²) in [7, 11) is 0. The van der Waals surface area contributed by atoms with Gasteiger partial charge in [-0.3, -0.25) is 14.4 Å². The van der Waals surface area contributed by atoms with Crippen molar-refractivity contribution in [2.45, 2.75) is 19.8 Å². The Kier molecular flexibility index (Phi) is 9.45. The van der Waals surface area contributed by atoms with Gasteiger partial charge in [0.15, 0.2) is 0 Å². The fourth-order valence-corrected chi connectivity index (χ4v) is 4.09. The fourth-order valence-electron chi connectivity index (χ4n) is 4.09. The fraction of sp³-hybridized carbons (Fsp3) is 0.156. The van der Waals surface area contributed by atoms with Crippen LogP contribution in [0.4, 0.5) is 22.7 Å². The Labute approximate surface area is 228 Å². The standard InChI is InChI=1S/C32H32N4O3/c1-2-36(29-11-7-4-8-12-29)32(39)25-14-16-26(17-15-25)33-23-31(38)35-28-20-18-27(19-21-28)34-30(37)22-13-24-9-5-3-6-10-24/h3-12,14-21,33H,2,13,22-23H2,1H3,(H,34,37)(H,35,38). The van der Waals surface area contributed by atoms with Crippen LogP contribution in [0.1, 0.15) is 29.3 Å². The molecular weight excluding hydrogens is 488 g/mol. The second-order valence-electron chi connectivity index (χ2n) is 8.98. The number of nitrogens with zero attached hydrogens (tertiary/aromatic N) is 1. The molecule has 0 unspecified atom stereocenters. The molecule has 7 heteroatoms. The number of carbonyl (C=O) groups excluding carboxylic acids is 3. The lowest BCUT2D eigenvalue weighted by Crippen LogP contribution is -2.30. The molecule has 0 heterocycles. The number of hydrogen-bond donors (Lipinski definition) is 3. The first-order valence-electron chi connectivity index (χ1n) is 13.0. The summed E-state index contributed by atoms with van der Waals surface area (Å²) in [5.74, 6) is -0.352. The van der Waals surface area contributed by atoms with E-state index in [1.165, 1.54) is 0 Å². The van der Waals surface area contributed by atoms with Crippen molar-refractivity contribution in [2.75, 3.05) is 33.9 Å². The Morgan fingerprint density at radius 1 is 0.641 bits per heavy atom. The number of anilines is 4. The topological polar surface area (TPSA) is 90.5 Å². The molecule has 4 rings (SSSR count). The van der Waals surface area contributed by atoms with Crippen LogP contribution in [0.5, 0.6) is 0 Å². The lowest BCUT2D eigenvalue weighted by molar-refractivity contribution is -0.116. The molecule has 0 bridgehead atoms. The van der Waals surface area contributed by atoms with Gasteiger partial charge in [-0.2, -0.15) is 0 Å². The van der Waals surface area contributed by atoms with Crippen molar-refractivity contribution in [3.8, 4) is 0 Å². The van der Waals surface area contributed by atoms with Crippen LogP contribution in [0.15, 0.2) is 109 Å². The van der Waals surface area contributed by atoms with Crippen LogP contribution < -0.4 is 20.9 Å². The highest BCUT2D eigenvalue weighted by molar-refractivity contribution is 6.06. The number of carbonyl (C=O) groups is 3. The second-order valence-corrected chi connectivity index (χ2v) is 8.98. The van der Waals surface area contributed by atoms with Gasteiger partial charge in [-0.15, -0.1) is 0 Å². The normalized spacial score (nSPS) is 10.4. The molecule has 0 saturated carbocycles. The summed E-state index contributed by atoms with van der Waals surface area (Å²) >= 11 is 0. The zero-order valence-corrected chi connectivity index (χ0v) is 21.9. The summed E-state index contributed by atoms with van der Waals surface area (Å²) in [4.78, 5) is 39.3. The Bertz CT molecular complexity index is 1370. The molecule has 0 aromatic heterocycles. The van der Waals surface area contributed by atoms with Crippen molar-refractivity contribution in [1.82, 2.24) is 0 Å². The van der Waals surface area contributed by atoms with Crippen LogP contribution in [-0.2, 0) is 16.0 Å². The molecule has 0 saturated heterocycles. The average Bonchev–Trinajstić information content (AvgIpc) is 2.98.